The number of anilines is 3. The van der Waals surface area contributed by atoms with E-state index < -0.39 is 5.82 Å². The van der Waals surface area contributed by atoms with Crippen molar-refractivity contribution < 1.29 is 18.7 Å². The van der Waals surface area contributed by atoms with Crippen molar-refractivity contribution in [3.8, 4) is 5.75 Å². The van der Waals surface area contributed by atoms with Gasteiger partial charge in [0, 0.05) is 36.4 Å². The zero-order chi connectivity index (χ0) is 23.9. The lowest BCUT2D eigenvalue weighted by Gasteiger charge is -2.26. The summed E-state index contributed by atoms with van der Waals surface area (Å²) in [6, 6.07) is 14.0. The Morgan fingerprint density at radius 3 is 2.76 bits per heavy atom. The molecule has 1 heterocycles. The van der Waals surface area contributed by atoms with Crippen LogP contribution in [-0.4, -0.2) is 50.3 Å². The molecule has 3 aromatic carbocycles. The molecule has 0 unspecified atom stereocenters. The fourth-order valence-electron chi connectivity index (χ4n) is 3.84. The van der Waals surface area contributed by atoms with Gasteiger partial charge in [0.1, 0.15) is 11.6 Å². The summed E-state index contributed by atoms with van der Waals surface area (Å²) in [5.74, 6) is -0.213. The molecule has 4 rings (SSSR count). The minimum absolute atomic E-state index is 0.0388. The zero-order valence-electron chi connectivity index (χ0n) is 18.8. The number of carbonyl (C=O) groups is 1. The number of hydrogen-bond donors (Lipinski definition) is 2. The molecule has 2 N–H and O–H groups in total. The number of nitrogens with one attached hydrogen (secondary N) is 2. The van der Waals surface area contributed by atoms with E-state index in [2.05, 4.69) is 22.1 Å². The maximum absolute atomic E-state index is 13.5. The van der Waals surface area contributed by atoms with Crippen LogP contribution in [0, 0.1) is 5.82 Å². The average Bonchev–Trinajstić information content (AvgIpc) is 2.85. The first kappa shape index (κ1) is 24.0. The van der Waals surface area contributed by atoms with Gasteiger partial charge in [-0.25, -0.2) is 4.39 Å². The molecular weight excluding hydrogens is 457 g/mol. The lowest BCUT2D eigenvalue weighted by atomic mass is 10.1. The Morgan fingerprint density at radius 1 is 1.18 bits per heavy atom. The fourth-order valence-corrected chi connectivity index (χ4v) is 4.02. The number of benzene rings is 3. The summed E-state index contributed by atoms with van der Waals surface area (Å²) < 4.78 is 25.0. The van der Waals surface area contributed by atoms with Crippen molar-refractivity contribution in [2.24, 2.45) is 0 Å². The highest BCUT2D eigenvalue weighted by Crippen LogP contribution is 2.36. The van der Waals surface area contributed by atoms with Crippen molar-refractivity contribution in [1.29, 1.82) is 0 Å². The molecule has 1 saturated heterocycles. The summed E-state index contributed by atoms with van der Waals surface area (Å²) in [4.78, 5) is 14.4. The summed E-state index contributed by atoms with van der Waals surface area (Å²) in [6.45, 7) is 8.40. The molecule has 0 aromatic heterocycles. The maximum atomic E-state index is 13.5. The van der Waals surface area contributed by atoms with Crippen LogP contribution in [0.15, 0.2) is 61.2 Å². The highest BCUT2D eigenvalue weighted by molar-refractivity contribution is 6.31. The Labute approximate surface area is 203 Å². The van der Waals surface area contributed by atoms with Crippen LogP contribution < -0.4 is 15.4 Å². The van der Waals surface area contributed by atoms with Gasteiger partial charge in [0.15, 0.2) is 0 Å². The van der Waals surface area contributed by atoms with Crippen molar-refractivity contribution >= 4 is 45.3 Å². The summed E-state index contributed by atoms with van der Waals surface area (Å²) in [6.07, 6.45) is 2.08. The molecule has 0 atom stereocenters. The second-order valence-corrected chi connectivity index (χ2v) is 8.39. The SMILES string of the molecule is C=CC(=O)Nc1cc2c(Nc3ccc(F)c(Cl)c3)cccc2cc1OCCCN1CCOCC1. The summed E-state index contributed by atoms with van der Waals surface area (Å²) in [5.41, 5.74) is 1.99. The van der Waals surface area contributed by atoms with Gasteiger partial charge >= 0.3 is 0 Å². The lowest BCUT2D eigenvalue weighted by Crippen LogP contribution is -2.37. The zero-order valence-corrected chi connectivity index (χ0v) is 19.5. The Kier molecular flexibility index (Phi) is 8.00. The van der Waals surface area contributed by atoms with Crippen molar-refractivity contribution in [2.45, 2.75) is 6.42 Å². The number of rotatable bonds is 9. The predicted octanol–water partition coefficient (Wildman–Crippen LogP) is 5.60. The van der Waals surface area contributed by atoms with Gasteiger partial charge in [-0.3, -0.25) is 9.69 Å². The Balaban J connectivity index is 1.56. The van der Waals surface area contributed by atoms with Crippen LogP contribution in [0.5, 0.6) is 5.75 Å². The highest BCUT2D eigenvalue weighted by atomic mass is 35.5. The molecule has 6 nitrogen and oxygen atoms in total. The Morgan fingerprint density at radius 2 is 2.00 bits per heavy atom. The molecule has 0 aliphatic carbocycles. The third-order valence-electron chi connectivity index (χ3n) is 5.60. The third-order valence-corrected chi connectivity index (χ3v) is 5.89. The van der Waals surface area contributed by atoms with E-state index in [1.165, 1.54) is 18.2 Å². The smallest absolute Gasteiger partial charge is 0.247 e. The molecule has 0 spiro atoms. The second-order valence-electron chi connectivity index (χ2n) is 7.98. The molecule has 178 valence electrons. The van der Waals surface area contributed by atoms with Gasteiger partial charge in [0.25, 0.3) is 0 Å². The normalized spacial score (nSPS) is 14.1. The van der Waals surface area contributed by atoms with Gasteiger partial charge in [0.2, 0.25) is 5.91 Å². The molecule has 1 aliphatic rings. The minimum atomic E-state index is -0.477. The van der Waals surface area contributed by atoms with Gasteiger partial charge in [-0.1, -0.05) is 30.3 Å². The summed E-state index contributed by atoms with van der Waals surface area (Å²) >= 11 is 5.93. The average molecular weight is 484 g/mol. The monoisotopic (exact) mass is 483 g/mol. The molecule has 3 aromatic rings. The maximum Gasteiger partial charge on any atom is 0.247 e. The van der Waals surface area contributed by atoms with Crippen molar-refractivity contribution in [3.05, 3.63) is 72.0 Å². The number of carbonyl (C=O) groups excluding carboxylic acids is 1. The van der Waals surface area contributed by atoms with E-state index in [9.17, 15) is 9.18 Å². The third kappa shape index (κ3) is 6.05. The lowest BCUT2D eigenvalue weighted by molar-refractivity contribution is -0.111. The molecule has 1 fully saturated rings. The Bertz CT molecular complexity index is 1180. The number of morpholine rings is 1. The van der Waals surface area contributed by atoms with E-state index in [-0.39, 0.29) is 10.9 Å². The van der Waals surface area contributed by atoms with Gasteiger partial charge in [-0.2, -0.15) is 0 Å². The molecule has 8 heteroatoms. The summed E-state index contributed by atoms with van der Waals surface area (Å²) in [5, 5.41) is 7.95. The number of ether oxygens (including phenoxy) is 2. The number of hydrogen-bond acceptors (Lipinski definition) is 5. The summed E-state index contributed by atoms with van der Waals surface area (Å²) in [7, 11) is 0. The van der Waals surface area contributed by atoms with E-state index in [1.54, 1.807) is 6.07 Å². The van der Waals surface area contributed by atoms with Crippen LogP contribution in [-0.2, 0) is 9.53 Å². The van der Waals surface area contributed by atoms with E-state index >= 15 is 0 Å². The van der Waals surface area contributed by atoms with Gasteiger partial charge in [-0.05, 0) is 54.3 Å². The first-order valence-corrected chi connectivity index (χ1v) is 11.6. The second kappa shape index (κ2) is 11.3. The minimum Gasteiger partial charge on any atom is -0.491 e. The van der Waals surface area contributed by atoms with Crippen LogP contribution in [0.4, 0.5) is 21.5 Å². The number of nitrogens with zero attached hydrogens (tertiary/aromatic N) is 1. The first-order chi connectivity index (χ1) is 16.5. The Hall–Kier alpha value is -3.13. The standard InChI is InChI=1S/C26H27ClFN3O3/c1-2-26(32)30-24-17-20-18(15-25(24)34-12-4-9-31-10-13-33-14-11-31)5-3-6-23(20)29-19-7-8-22(28)21(27)16-19/h2-3,5-8,15-17,29H,1,4,9-14H2,(H,30,32). The van der Waals surface area contributed by atoms with E-state index in [1.807, 2.05) is 30.3 Å². The van der Waals surface area contributed by atoms with E-state index in [0.29, 0.717) is 23.7 Å². The molecule has 0 radical (unpaired) electrons. The first-order valence-electron chi connectivity index (χ1n) is 11.2. The predicted molar refractivity (Wildman–Crippen MR) is 135 cm³/mol. The van der Waals surface area contributed by atoms with E-state index in [0.717, 1.165) is 55.7 Å². The number of amides is 1. The van der Waals surface area contributed by atoms with Crippen molar-refractivity contribution in [1.82, 2.24) is 4.90 Å². The molecule has 0 saturated carbocycles. The van der Waals surface area contributed by atoms with Crippen LogP contribution >= 0.6 is 11.6 Å². The molecule has 0 bridgehead atoms. The van der Waals surface area contributed by atoms with Gasteiger partial charge in [0.05, 0.1) is 30.5 Å². The highest BCUT2D eigenvalue weighted by Gasteiger charge is 2.13. The molecular formula is C26H27ClFN3O3. The van der Waals surface area contributed by atoms with Crippen molar-refractivity contribution in [3.63, 3.8) is 0 Å². The van der Waals surface area contributed by atoms with Crippen LogP contribution in [0.25, 0.3) is 10.8 Å². The molecule has 1 aliphatic heterocycles. The van der Waals surface area contributed by atoms with E-state index in [4.69, 9.17) is 21.1 Å². The van der Waals surface area contributed by atoms with Crippen molar-refractivity contribution in [2.75, 3.05) is 50.1 Å². The molecule has 34 heavy (non-hydrogen) atoms. The topological polar surface area (TPSA) is 62.8 Å². The number of halogens is 2. The number of fused-ring (bicyclic) bond motifs is 1. The largest absolute Gasteiger partial charge is 0.491 e. The van der Waals surface area contributed by atoms with Crippen LogP contribution in [0.2, 0.25) is 5.02 Å². The molecule has 1 amide bonds. The van der Waals surface area contributed by atoms with Gasteiger partial charge < -0.3 is 20.1 Å². The quantitative estimate of drug-likeness (QED) is 0.306. The van der Waals surface area contributed by atoms with Gasteiger partial charge in [-0.15, -0.1) is 0 Å². The van der Waals surface area contributed by atoms with Crippen LogP contribution in [0.3, 0.4) is 0 Å². The van der Waals surface area contributed by atoms with Crippen LogP contribution in [0.1, 0.15) is 6.42 Å². The fraction of sp³-hybridized carbons (Fsp3) is 0.269.